The van der Waals surface area contributed by atoms with Crippen LogP contribution in [-0.2, 0) is 4.74 Å². The van der Waals surface area contributed by atoms with Gasteiger partial charge in [-0.3, -0.25) is 4.99 Å². The van der Waals surface area contributed by atoms with E-state index in [0.717, 1.165) is 25.7 Å². The van der Waals surface area contributed by atoms with Crippen LogP contribution < -0.4 is 10.6 Å². The summed E-state index contributed by atoms with van der Waals surface area (Å²) in [6.45, 7) is 7.82. The quantitative estimate of drug-likeness (QED) is 0.272. The van der Waals surface area contributed by atoms with Crippen LogP contribution in [0.25, 0.3) is 0 Å². The van der Waals surface area contributed by atoms with Crippen LogP contribution in [0.1, 0.15) is 25.5 Å². The van der Waals surface area contributed by atoms with Crippen molar-refractivity contribution < 1.29 is 4.74 Å². The lowest BCUT2D eigenvalue weighted by Crippen LogP contribution is -2.39. The van der Waals surface area contributed by atoms with Crippen LogP contribution in [0.2, 0.25) is 0 Å². The van der Waals surface area contributed by atoms with Gasteiger partial charge < -0.3 is 20.3 Å². The van der Waals surface area contributed by atoms with Gasteiger partial charge in [-0.05, 0) is 33.5 Å². The molecule has 0 aliphatic rings. The normalized spacial score (nSPS) is 12.7. The van der Waals surface area contributed by atoms with Gasteiger partial charge in [0, 0.05) is 19.7 Å². The molecule has 1 aromatic rings. The molecule has 0 fully saturated rings. The number of hydrogen-bond donors (Lipinski definition) is 2. The second-order valence-corrected chi connectivity index (χ2v) is 5.23. The average Bonchev–Trinajstić information content (AvgIpc) is 2.52. The molecule has 2 N–H and O–H groups in total. The van der Waals surface area contributed by atoms with Crippen molar-refractivity contribution in [3.63, 3.8) is 0 Å². The summed E-state index contributed by atoms with van der Waals surface area (Å²) in [7, 11) is 4.17. The highest BCUT2D eigenvalue weighted by atomic mass is 127. The van der Waals surface area contributed by atoms with E-state index in [-0.39, 0.29) is 30.0 Å². The van der Waals surface area contributed by atoms with Gasteiger partial charge in [0.15, 0.2) is 5.96 Å². The van der Waals surface area contributed by atoms with E-state index >= 15 is 0 Å². The molecule has 0 aliphatic heterocycles. The third-order valence-corrected chi connectivity index (χ3v) is 3.32. The monoisotopic (exact) mass is 434 g/mol. The second kappa shape index (κ2) is 13.6. The van der Waals surface area contributed by atoms with Crippen LogP contribution >= 0.6 is 24.0 Å². The third-order valence-electron chi connectivity index (χ3n) is 3.32. The Morgan fingerprint density at radius 1 is 1.17 bits per heavy atom. The number of rotatable bonds is 9. The molecule has 0 spiro atoms. The molecule has 5 nitrogen and oxygen atoms in total. The number of guanidine groups is 1. The first kappa shape index (κ1) is 22.1. The van der Waals surface area contributed by atoms with Gasteiger partial charge in [-0.15, -0.1) is 24.0 Å². The Bertz CT molecular complexity index is 426. The molecule has 0 aliphatic carbocycles. The lowest BCUT2D eigenvalue weighted by atomic mass is 10.1. The van der Waals surface area contributed by atoms with Gasteiger partial charge in [-0.2, -0.15) is 0 Å². The van der Waals surface area contributed by atoms with E-state index in [1.165, 1.54) is 5.56 Å². The Morgan fingerprint density at radius 3 is 2.43 bits per heavy atom. The fraction of sp³-hybridized carbons (Fsp3) is 0.588. The summed E-state index contributed by atoms with van der Waals surface area (Å²) in [6.07, 6.45) is 0. The number of halogens is 1. The molecule has 0 saturated carbocycles. The predicted molar refractivity (Wildman–Crippen MR) is 109 cm³/mol. The highest BCUT2D eigenvalue weighted by Gasteiger charge is 2.13. The highest BCUT2D eigenvalue weighted by molar-refractivity contribution is 14.0. The zero-order valence-electron chi connectivity index (χ0n) is 14.7. The number of likely N-dealkylation sites (N-methyl/N-ethyl adjacent to an activating group) is 1. The Kier molecular flexibility index (Phi) is 13.1. The molecule has 0 bridgehead atoms. The van der Waals surface area contributed by atoms with Crippen LogP contribution in [0, 0.1) is 0 Å². The van der Waals surface area contributed by atoms with Crippen molar-refractivity contribution in [2.45, 2.75) is 19.9 Å². The highest BCUT2D eigenvalue weighted by Crippen LogP contribution is 2.17. The van der Waals surface area contributed by atoms with Crippen molar-refractivity contribution in [2.75, 3.05) is 46.9 Å². The van der Waals surface area contributed by atoms with Crippen molar-refractivity contribution >= 4 is 29.9 Å². The van der Waals surface area contributed by atoms with Gasteiger partial charge in [-0.1, -0.05) is 30.3 Å². The van der Waals surface area contributed by atoms with Crippen molar-refractivity contribution in [1.82, 2.24) is 15.5 Å². The van der Waals surface area contributed by atoms with E-state index in [9.17, 15) is 0 Å². The first-order valence-electron chi connectivity index (χ1n) is 8.00. The third kappa shape index (κ3) is 9.12. The van der Waals surface area contributed by atoms with Gasteiger partial charge in [0.2, 0.25) is 0 Å². The smallest absolute Gasteiger partial charge is 0.191 e. The summed E-state index contributed by atoms with van der Waals surface area (Å²) in [6, 6.07) is 10.7. The van der Waals surface area contributed by atoms with E-state index in [2.05, 4.69) is 60.8 Å². The summed E-state index contributed by atoms with van der Waals surface area (Å²) in [5.74, 6) is 0.838. The summed E-state index contributed by atoms with van der Waals surface area (Å²) >= 11 is 0. The van der Waals surface area contributed by atoms with Crippen LogP contribution in [0.15, 0.2) is 35.3 Å². The molecule has 132 valence electrons. The molecule has 0 saturated heterocycles. The fourth-order valence-electron chi connectivity index (χ4n) is 2.15. The van der Waals surface area contributed by atoms with E-state index in [4.69, 9.17) is 9.73 Å². The Labute approximate surface area is 157 Å². The van der Waals surface area contributed by atoms with E-state index in [1.807, 2.05) is 13.0 Å². The van der Waals surface area contributed by atoms with Crippen molar-refractivity contribution in [2.24, 2.45) is 4.99 Å². The van der Waals surface area contributed by atoms with E-state index in [1.54, 1.807) is 0 Å². The molecular weight excluding hydrogens is 403 g/mol. The number of nitrogens with zero attached hydrogens (tertiary/aromatic N) is 2. The molecule has 1 aromatic carbocycles. The number of hydrogen-bond acceptors (Lipinski definition) is 3. The van der Waals surface area contributed by atoms with Gasteiger partial charge in [0.25, 0.3) is 0 Å². The minimum absolute atomic E-state index is 0. The number of nitrogens with one attached hydrogen (secondary N) is 2. The van der Waals surface area contributed by atoms with Gasteiger partial charge >= 0.3 is 0 Å². The van der Waals surface area contributed by atoms with Crippen molar-refractivity contribution in [3.05, 3.63) is 35.9 Å². The standard InChI is InChI=1S/C17H30N4O.HI/c1-5-18-17(19-12-13-22-6-2)20-14-16(21(3)4)15-10-8-7-9-11-15;/h7-11,16H,5-6,12-14H2,1-4H3,(H2,18,19,20);1H. The van der Waals surface area contributed by atoms with Gasteiger partial charge in [-0.25, -0.2) is 0 Å². The maximum Gasteiger partial charge on any atom is 0.191 e. The number of aliphatic imine (C=N–C) groups is 1. The van der Waals surface area contributed by atoms with Crippen LogP contribution in [0.5, 0.6) is 0 Å². The lowest BCUT2D eigenvalue weighted by molar-refractivity contribution is 0.152. The zero-order chi connectivity index (χ0) is 16.2. The first-order chi connectivity index (χ1) is 10.7. The van der Waals surface area contributed by atoms with Crippen LogP contribution in [0.3, 0.4) is 0 Å². The molecule has 0 radical (unpaired) electrons. The fourth-order valence-corrected chi connectivity index (χ4v) is 2.15. The van der Waals surface area contributed by atoms with Gasteiger partial charge in [0.1, 0.15) is 0 Å². The summed E-state index contributed by atoms with van der Waals surface area (Å²) in [4.78, 5) is 6.90. The molecule has 0 aromatic heterocycles. The predicted octanol–water partition coefficient (Wildman–Crippen LogP) is 2.50. The maximum absolute atomic E-state index is 5.34. The molecule has 1 atom stereocenters. The summed E-state index contributed by atoms with van der Waals surface area (Å²) in [5, 5.41) is 6.57. The Balaban J connectivity index is 0.00000484. The molecule has 6 heteroatoms. The number of ether oxygens (including phenoxy) is 1. The molecular formula is C17H31IN4O. The maximum atomic E-state index is 5.34. The molecule has 0 heterocycles. The molecule has 1 rings (SSSR count). The summed E-state index contributed by atoms with van der Waals surface area (Å²) in [5.41, 5.74) is 1.28. The molecule has 23 heavy (non-hydrogen) atoms. The lowest BCUT2D eigenvalue weighted by Gasteiger charge is -2.23. The van der Waals surface area contributed by atoms with Gasteiger partial charge in [0.05, 0.1) is 19.2 Å². The average molecular weight is 434 g/mol. The molecule has 1 unspecified atom stereocenters. The first-order valence-corrected chi connectivity index (χ1v) is 8.00. The van der Waals surface area contributed by atoms with Crippen molar-refractivity contribution in [1.29, 1.82) is 0 Å². The topological polar surface area (TPSA) is 48.9 Å². The minimum atomic E-state index is 0. The summed E-state index contributed by atoms with van der Waals surface area (Å²) < 4.78 is 5.34. The van der Waals surface area contributed by atoms with E-state index in [0.29, 0.717) is 13.2 Å². The van der Waals surface area contributed by atoms with E-state index < -0.39 is 0 Å². The zero-order valence-corrected chi connectivity index (χ0v) is 17.0. The Hall–Kier alpha value is -0.860. The minimum Gasteiger partial charge on any atom is -0.380 e. The number of benzene rings is 1. The molecule has 0 amide bonds. The second-order valence-electron chi connectivity index (χ2n) is 5.23. The van der Waals surface area contributed by atoms with Crippen molar-refractivity contribution in [3.8, 4) is 0 Å². The Morgan fingerprint density at radius 2 is 1.87 bits per heavy atom. The SMILES string of the molecule is CCNC(=NCC(c1ccccc1)N(C)C)NCCOCC.I. The van der Waals surface area contributed by atoms with Crippen LogP contribution in [-0.4, -0.2) is 57.8 Å². The van der Waals surface area contributed by atoms with Crippen LogP contribution in [0.4, 0.5) is 0 Å². The largest absolute Gasteiger partial charge is 0.380 e.